The highest BCUT2D eigenvalue weighted by atomic mass is 16.2. The van der Waals surface area contributed by atoms with E-state index in [1.54, 1.807) is 0 Å². The van der Waals surface area contributed by atoms with E-state index in [9.17, 15) is 4.79 Å². The molecule has 2 heterocycles. The lowest BCUT2D eigenvalue weighted by Gasteiger charge is -2.30. The van der Waals surface area contributed by atoms with Gasteiger partial charge < -0.3 is 10.2 Å². The molecule has 1 aromatic heterocycles. The molecule has 1 fully saturated rings. The Labute approximate surface area is 166 Å². The Morgan fingerprint density at radius 1 is 1.04 bits per heavy atom. The summed E-state index contributed by atoms with van der Waals surface area (Å²) in [6.45, 7) is 8.07. The molecule has 4 heteroatoms. The Morgan fingerprint density at radius 3 is 2.54 bits per heavy atom. The summed E-state index contributed by atoms with van der Waals surface area (Å²) < 4.78 is 0. The smallest absolute Gasteiger partial charge is 0.272 e. The number of carbonyl (C=O) groups excluding carboxylic acids is 1. The summed E-state index contributed by atoms with van der Waals surface area (Å²) in [5.74, 6) is 0.719. The number of carbonyl (C=O) groups is 1. The van der Waals surface area contributed by atoms with Crippen molar-refractivity contribution >= 4 is 28.2 Å². The molecular formula is C24H27N3O. The molecule has 0 spiro atoms. The van der Waals surface area contributed by atoms with E-state index in [0.29, 0.717) is 11.6 Å². The van der Waals surface area contributed by atoms with Gasteiger partial charge in [-0.25, -0.2) is 4.98 Å². The van der Waals surface area contributed by atoms with Gasteiger partial charge in [0.05, 0.1) is 11.2 Å². The highest BCUT2D eigenvalue weighted by Gasteiger charge is 2.23. The molecule has 4 rings (SSSR count). The van der Waals surface area contributed by atoms with Crippen molar-refractivity contribution in [3.8, 4) is 0 Å². The number of aromatic nitrogens is 1. The van der Waals surface area contributed by atoms with Gasteiger partial charge in [0.2, 0.25) is 0 Å². The van der Waals surface area contributed by atoms with E-state index >= 15 is 0 Å². The number of hydrogen-bond donors (Lipinski definition) is 1. The lowest BCUT2D eigenvalue weighted by molar-refractivity contribution is 0.0692. The number of nitrogens with zero attached hydrogens (tertiary/aromatic N) is 2. The van der Waals surface area contributed by atoms with Gasteiger partial charge >= 0.3 is 0 Å². The Kier molecular flexibility index (Phi) is 5.03. The molecule has 144 valence electrons. The zero-order chi connectivity index (χ0) is 19.7. The summed E-state index contributed by atoms with van der Waals surface area (Å²) >= 11 is 0. The number of benzene rings is 2. The first-order valence-electron chi connectivity index (χ1n) is 10.0. The summed E-state index contributed by atoms with van der Waals surface area (Å²) in [6, 6.07) is 16.2. The van der Waals surface area contributed by atoms with Crippen molar-refractivity contribution in [3.05, 3.63) is 65.4 Å². The van der Waals surface area contributed by atoms with Crippen LogP contribution in [0.4, 0.5) is 11.4 Å². The van der Waals surface area contributed by atoms with Crippen LogP contribution in [0.25, 0.3) is 10.9 Å². The Hall–Kier alpha value is -2.88. The van der Waals surface area contributed by atoms with Crippen LogP contribution in [0, 0.1) is 19.8 Å². The normalized spacial score (nSPS) is 15.0. The highest BCUT2D eigenvalue weighted by Crippen LogP contribution is 2.29. The van der Waals surface area contributed by atoms with Crippen LogP contribution >= 0.6 is 0 Å². The molecule has 1 saturated heterocycles. The lowest BCUT2D eigenvalue weighted by Crippen LogP contribution is -2.38. The number of hydrogen-bond acceptors (Lipinski definition) is 3. The van der Waals surface area contributed by atoms with Crippen LogP contribution in [-0.4, -0.2) is 28.9 Å². The minimum atomic E-state index is 0.0290. The van der Waals surface area contributed by atoms with Crippen LogP contribution in [-0.2, 0) is 0 Å². The van der Waals surface area contributed by atoms with Gasteiger partial charge in [-0.15, -0.1) is 0 Å². The molecule has 0 aliphatic carbocycles. The molecule has 0 atom stereocenters. The van der Waals surface area contributed by atoms with Gasteiger partial charge in [-0.3, -0.25) is 4.79 Å². The molecular weight excluding hydrogens is 346 g/mol. The second-order valence-electron chi connectivity index (χ2n) is 7.99. The van der Waals surface area contributed by atoms with E-state index in [2.05, 4.69) is 49.3 Å². The Bertz CT molecular complexity index is 1020. The van der Waals surface area contributed by atoms with E-state index in [-0.39, 0.29) is 5.91 Å². The van der Waals surface area contributed by atoms with Gasteiger partial charge in [-0.05, 0) is 56.4 Å². The molecule has 0 saturated carbocycles. The number of aryl methyl sites for hydroxylation is 2. The fourth-order valence-electron chi connectivity index (χ4n) is 3.86. The number of pyridine rings is 1. The van der Waals surface area contributed by atoms with Crippen LogP contribution in [0.5, 0.6) is 0 Å². The number of likely N-dealkylation sites (tertiary alicyclic amines) is 1. The van der Waals surface area contributed by atoms with Crippen molar-refractivity contribution in [2.24, 2.45) is 5.92 Å². The number of fused-ring (bicyclic) bond motifs is 1. The van der Waals surface area contributed by atoms with Crippen molar-refractivity contribution in [2.45, 2.75) is 33.6 Å². The van der Waals surface area contributed by atoms with Crippen LogP contribution in [0.15, 0.2) is 48.5 Å². The Morgan fingerprint density at radius 2 is 1.79 bits per heavy atom. The summed E-state index contributed by atoms with van der Waals surface area (Å²) in [6.07, 6.45) is 2.12. The monoisotopic (exact) mass is 373 g/mol. The van der Waals surface area contributed by atoms with Crippen LogP contribution in [0.3, 0.4) is 0 Å². The molecule has 1 N–H and O–H groups in total. The topological polar surface area (TPSA) is 45.2 Å². The maximum absolute atomic E-state index is 13.1. The standard InChI is InChI=1S/C24H27N3O/c1-16-10-12-27(13-11-16)24(28)23-15-22(19-6-4-5-7-21(19)26-23)25-20-9-8-17(2)14-18(20)3/h4-9,14-16H,10-13H2,1-3H3,(H,25,26). The zero-order valence-electron chi connectivity index (χ0n) is 16.8. The summed E-state index contributed by atoms with van der Waals surface area (Å²) in [5.41, 5.74) is 5.74. The lowest BCUT2D eigenvalue weighted by atomic mass is 9.99. The third kappa shape index (κ3) is 3.72. The number of anilines is 2. The number of para-hydroxylation sites is 1. The van der Waals surface area contributed by atoms with E-state index in [0.717, 1.165) is 48.2 Å². The molecule has 1 amide bonds. The number of piperidine rings is 1. The predicted octanol–water partition coefficient (Wildman–Crippen LogP) is 5.47. The van der Waals surface area contributed by atoms with E-state index in [1.807, 2.05) is 35.2 Å². The van der Waals surface area contributed by atoms with Crippen molar-refractivity contribution in [2.75, 3.05) is 18.4 Å². The number of nitrogens with one attached hydrogen (secondary N) is 1. The molecule has 0 bridgehead atoms. The number of amides is 1. The first-order chi connectivity index (χ1) is 13.5. The van der Waals surface area contributed by atoms with Crippen molar-refractivity contribution in [3.63, 3.8) is 0 Å². The highest BCUT2D eigenvalue weighted by molar-refractivity contribution is 6.00. The Balaban J connectivity index is 1.72. The summed E-state index contributed by atoms with van der Waals surface area (Å²) in [4.78, 5) is 19.7. The second-order valence-corrected chi connectivity index (χ2v) is 7.99. The minimum absolute atomic E-state index is 0.0290. The second kappa shape index (κ2) is 7.63. The van der Waals surface area contributed by atoms with Crippen molar-refractivity contribution in [1.29, 1.82) is 0 Å². The van der Waals surface area contributed by atoms with Crippen LogP contribution in [0.2, 0.25) is 0 Å². The summed E-state index contributed by atoms with van der Waals surface area (Å²) in [7, 11) is 0. The fraction of sp³-hybridized carbons (Fsp3) is 0.333. The molecule has 0 radical (unpaired) electrons. The molecule has 1 aliphatic heterocycles. The van der Waals surface area contributed by atoms with Crippen molar-refractivity contribution in [1.82, 2.24) is 9.88 Å². The minimum Gasteiger partial charge on any atom is -0.355 e. The maximum Gasteiger partial charge on any atom is 0.272 e. The van der Waals surface area contributed by atoms with E-state index in [4.69, 9.17) is 0 Å². The van der Waals surface area contributed by atoms with Crippen molar-refractivity contribution < 1.29 is 4.79 Å². The molecule has 2 aromatic carbocycles. The molecule has 1 aliphatic rings. The predicted molar refractivity (Wildman–Crippen MR) is 115 cm³/mol. The van der Waals surface area contributed by atoms with Crippen LogP contribution in [0.1, 0.15) is 41.4 Å². The quantitative estimate of drug-likeness (QED) is 0.662. The third-order valence-corrected chi connectivity index (χ3v) is 5.66. The maximum atomic E-state index is 13.1. The van der Waals surface area contributed by atoms with Gasteiger partial charge in [-0.2, -0.15) is 0 Å². The zero-order valence-corrected chi connectivity index (χ0v) is 16.8. The van der Waals surface area contributed by atoms with E-state index < -0.39 is 0 Å². The fourth-order valence-corrected chi connectivity index (χ4v) is 3.86. The molecule has 4 nitrogen and oxygen atoms in total. The summed E-state index contributed by atoms with van der Waals surface area (Å²) in [5, 5.41) is 4.56. The molecule has 3 aromatic rings. The third-order valence-electron chi connectivity index (χ3n) is 5.66. The largest absolute Gasteiger partial charge is 0.355 e. The number of rotatable bonds is 3. The molecule has 28 heavy (non-hydrogen) atoms. The van der Waals surface area contributed by atoms with Gasteiger partial charge in [0.15, 0.2) is 0 Å². The van der Waals surface area contributed by atoms with E-state index in [1.165, 1.54) is 11.1 Å². The van der Waals surface area contributed by atoms with Crippen LogP contribution < -0.4 is 5.32 Å². The van der Waals surface area contributed by atoms with Gasteiger partial charge in [0.1, 0.15) is 5.69 Å². The average molecular weight is 374 g/mol. The first-order valence-corrected chi connectivity index (χ1v) is 10.0. The average Bonchev–Trinajstić information content (AvgIpc) is 2.70. The van der Waals surface area contributed by atoms with Gasteiger partial charge in [0, 0.05) is 24.2 Å². The van der Waals surface area contributed by atoms with Gasteiger partial charge in [-0.1, -0.05) is 42.8 Å². The molecule has 0 unspecified atom stereocenters. The first kappa shape index (κ1) is 18.5. The van der Waals surface area contributed by atoms with Gasteiger partial charge in [0.25, 0.3) is 5.91 Å². The SMILES string of the molecule is Cc1ccc(Nc2cc(C(=O)N3CCC(C)CC3)nc3ccccc23)c(C)c1.